The predicted molar refractivity (Wildman–Crippen MR) is 70.2 cm³/mol. The van der Waals surface area contributed by atoms with Crippen molar-refractivity contribution in [2.24, 2.45) is 0 Å². The van der Waals surface area contributed by atoms with Crippen molar-refractivity contribution in [3.05, 3.63) is 26.2 Å². The molecular formula is C10H10BrIN2. The van der Waals surface area contributed by atoms with E-state index in [1.54, 1.807) is 0 Å². The Balaban J connectivity index is 2.78. The van der Waals surface area contributed by atoms with Crippen LogP contribution in [-0.2, 0) is 0 Å². The lowest BCUT2D eigenvalue weighted by Gasteiger charge is -2.11. The van der Waals surface area contributed by atoms with Crippen LogP contribution in [0.15, 0.2) is 22.7 Å². The molecule has 0 aromatic heterocycles. The summed E-state index contributed by atoms with van der Waals surface area (Å²) >= 11 is 5.70. The van der Waals surface area contributed by atoms with E-state index < -0.39 is 0 Å². The first kappa shape index (κ1) is 11.8. The van der Waals surface area contributed by atoms with Crippen molar-refractivity contribution in [2.45, 2.75) is 19.4 Å². The predicted octanol–water partition coefficient (Wildman–Crippen LogP) is 3.77. The number of nitrogens with one attached hydrogen (secondary N) is 1. The fraction of sp³-hybridized carbons (Fsp3) is 0.300. The molecule has 2 nitrogen and oxygen atoms in total. The third-order valence-electron chi connectivity index (χ3n) is 1.82. The second kappa shape index (κ2) is 5.56. The van der Waals surface area contributed by atoms with Crippen molar-refractivity contribution in [3.63, 3.8) is 0 Å². The Hall–Kier alpha value is -0.280. The average molecular weight is 365 g/mol. The summed E-state index contributed by atoms with van der Waals surface area (Å²) in [7, 11) is 0. The first-order valence-electron chi connectivity index (χ1n) is 4.28. The minimum absolute atomic E-state index is 0.109. The maximum Gasteiger partial charge on any atom is 0.114 e. The molecular weight excluding hydrogens is 355 g/mol. The normalized spacial score (nSPS) is 11.9. The number of benzene rings is 1. The topological polar surface area (TPSA) is 35.8 Å². The molecule has 0 aliphatic carbocycles. The van der Waals surface area contributed by atoms with Gasteiger partial charge in [-0.15, -0.1) is 0 Å². The standard InChI is InChI=1S/C10H10BrIN2/c1-2-7(6-13)14-8-3-4-10(12)9(11)5-8/h3-5,7,14H,2H2,1H3. The molecule has 0 saturated carbocycles. The third-order valence-corrected chi connectivity index (χ3v) is 4.16. The molecule has 4 heteroatoms. The SMILES string of the molecule is CCC(C#N)Nc1ccc(I)c(Br)c1. The number of halogens is 2. The van der Waals surface area contributed by atoms with Crippen molar-refractivity contribution >= 4 is 44.2 Å². The maximum absolute atomic E-state index is 8.79. The van der Waals surface area contributed by atoms with Gasteiger partial charge in [0.25, 0.3) is 0 Å². The lowest BCUT2D eigenvalue weighted by Crippen LogP contribution is -2.15. The maximum atomic E-state index is 8.79. The second-order valence-electron chi connectivity index (χ2n) is 2.86. The monoisotopic (exact) mass is 364 g/mol. The van der Waals surface area contributed by atoms with E-state index in [9.17, 15) is 0 Å². The summed E-state index contributed by atoms with van der Waals surface area (Å²) in [6.45, 7) is 1.99. The van der Waals surface area contributed by atoms with Gasteiger partial charge in [0, 0.05) is 13.7 Å². The van der Waals surface area contributed by atoms with Crippen LogP contribution in [0.4, 0.5) is 5.69 Å². The van der Waals surface area contributed by atoms with Crippen LogP contribution < -0.4 is 5.32 Å². The fourth-order valence-corrected chi connectivity index (χ4v) is 1.73. The molecule has 0 saturated heterocycles. The summed E-state index contributed by atoms with van der Waals surface area (Å²) in [5, 5.41) is 11.9. The van der Waals surface area contributed by atoms with E-state index in [4.69, 9.17) is 5.26 Å². The van der Waals surface area contributed by atoms with E-state index in [1.807, 2.05) is 25.1 Å². The van der Waals surface area contributed by atoms with Gasteiger partial charge in [-0.25, -0.2) is 0 Å². The van der Waals surface area contributed by atoms with Gasteiger partial charge >= 0.3 is 0 Å². The molecule has 0 radical (unpaired) electrons. The zero-order valence-electron chi connectivity index (χ0n) is 7.72. The minimum atomic E-state index is -0.109. The Bertz CT molecular complexity index is 360. The number of rotatable bonds is 3. The van der Waals surface area contributed by atoms with Crippen LogP contribution in [0.5, 0.6) is 0 Å². The van der Waals surface area contributed by atoms with Crippen LogP contribution in [0.2, 0.25) is 0 Å². The van der Waals surface area contributed by atoms with Crippen LogP contribution in [0.3, 0.4) is 0 Å². The van der Waals surface area contributed by atoms with Crippen LogP contribution in [0.1, 0.15) is 13.3 Å². The molecule has 1 rings (SSSR count). The molecule has 14 heavy (non-hydrogen) atoms. The first-order chi connectivity index (χ1) is 6.67. The largest absolute Gasteiger partial charge is 0.370 e. The van der Waals surface area contributed by atoms with Crippen molar-refractivity contribution in [2.75, 3.05) is 5.32 Å². The molecule has 0 heterocycles. The van der Waals surface area contributed by atoms with Gasteiger partial charge in [0.1, 0.15) is 6.04 Å². The summed E-state index contributed by atoms with van der Waals surface area (Å²) in [4.78, 5) is 0. The lowest BCUT2D eigenvalue weighted by molar-refractivity contribution is 0.845. The van der Waals surface area contributed by atoms with Gasteiger partial charge in [0.05, 0.1) is 6.07 Å². The number of nitriles is 1. The van der Waals surface area contributed by atoms with Crippen LogP contribution >= 0.6 is 38.5 Å². The highest BCUT2D eigenvalue weighted by Gasteiger charge is 2.04. The van der Waals surface area contributed by atoms with Gasteiger partial charge < -0.3 is 5.32 Å². The zero-order chi connectivity index (χ0) is 10.6. The highest BCUT2D eigenvalue weighted by atomic mass is 127. The summed E-state index contributed by atoms with van der Waals surface area (Å²) < 4.78 is 2.22. The summed E-state index contributed by atoms with van der Waals surface area (Å²) in [5.41, 5.74) is 0.977. The lowest BCUT2D eigenvalue weighted by atomic mass is 10.2. The Morgan fingerprint density at radius 2 is 2.36 bits per heavy atom. The molecule has 1 aromatic rings. The Kier molecular flexibility index (Phi) is 4.69. The zero-order valence-corrected chi connectivity index (χ0v) is 11.5. The molecule has 74 valence electrons. The van der Waals surface area contributed by atoms with E-state index >= 15 is 0 Å². The molecule has 1 aromatic carbocycles. The minimum Gasteiger partial charge on any atom is -0.370 e. The molecule has 1 atom stereocenters. The highest BCUT2D eigenvalue weighted by molar-refractivity contribution is 14.1. The van der Waals surface area contributed by atoms with E-state index in [0.717, 1.165) is 20.2 Å². The molecule has 0 amide bonds. The second-order valence-corrected chi connectivity index (χ2v) is 4.88. The van der Waals surface area contributed by atoms with Gasteiger partial charge in [-0.1, -0.05) is 6.92 Å². The highest BCUT2D eigenvalue weighted by Crippen LogP contribution is 2.23. The third kappa shape index (κ3) is 3.14. The average Bonchev–Trinajstić information content (AvgIpc) is 2.19. The van der Waals surface area contributed by atoms with E-state index in [0.29, 0.717) is 0 Å². The summed E-state index contributed by atoms with van der Waals surface area (Å²) in [6.07, 6.45) is 0.806. The molecule has 1 N–H and O–H groups in total. The number of hydrogen-bond acceptors (Lipinski definition) is 2. The van der Waals surface area contributed by atoms with Crippen LogP contribution in [-0.4, -0.2) is 6.04 Å². The smallest absolute Gasteiger partial charge is 0.114 e. The molecule has 0 fully saturated rings. The van der Waals surface area contributed by atoms with E-state index in [-0.39, 0.29) is 6.04 Å². The Labute approximate surface area is 106 Å². The molecule has 1 unspecified atom stereocenters. The number of anilines is 1. The van der Waals surface area contributed by atoms with Crippen LogP contribution in [0, 0.1) is 14.9 Å². The Morgan fingerprint density at radius 3 is 2.86 bits per heavy atom. The molecule has 0 aliphatic heterocycles. The van der Waals surface area contributed by atoms with E-state index in [1.165, 1.54) is 0 Å². The molecule has 0 bridgehead atoms. The molecule has 0 aliphatic rings. The van der Waals surface area contributed by atoms with Gasteiger partial charge in [-0.2, -0.15) is 5.26 Å². The van der Waals surface area contributed by atoms with Crippen molar-refractivity contribution in [1.29, 1.82) is 5.26 Å². The molecule has 0 spiro atoms. The van der Waals surface area contributed by atoms with Crippen molar-refractivity contribution in [3.8, 4) is 6.07 Å². The van der Waals surface area contributed by atoms with Gasteiger partial charge in [0.2, 0.25) is 0 Å². The van der Waals surface area contributed by atoms with Gasteiger partial charge in [0.15, 0.2) is 0 Å². The van der Waals surface area contributed by atoms with Crippen molar-refractivity contribution in [1.82, 2.24) is 0 Å². The Morgan fingerprint density at radius 1 is 1.64 bits per heavy atom. The first-order valence-corrected chi connectivity index (χ1v) is 6.15. The summed E-state index contributed by atoms with van der Waals surface area (Å²) in [5.74, 6) is 0. The van der Waals surface area contributed by atoms with E-state index in [2.05, 4.69) is 49.9 Å². The van der Waals surface area contributed by atoms with Crippen molar-refractivity contribution < 1.29 is 0 Å². The number of hydrogen-bond donors (Lipinski definition) is 1. The quantitative estimate of drug-likeness (QED) is 0.828. The van der Waals surface area contributed by atoms with Crippen LogP contribution in [0.25, 0.3) is 0 Å². The van der Waals surface area contributed by atoms with Gasteiger partial charge in [-0.05, 0) is 63.1 Å². The number of nitrogens with zero attached hydrogens (tertiary/aromatic N) is 1. The fourth-order valence-electron chi connectivity index (χ4n) is 1.01. The van der Waals surface area contributed by atoms with Gasteiger partial charge in [-0.3, -0.25) is 0 Å². The summed E-state index contributed by atoms with van der Waals surface area (Å²) in [6, 6.07) is 8.07.